The minimum absolute atomic E-state index is 0.164. The first-order valence-electron chi connectivity index (χ1n) is 5.27. The highest BCUT2D eigenvalue weighted by atomic mass is 19.1. The zero-order valence-electron chi connectivity index (χ0n) is 8.86. The Morgan fingerprint density at radius 2 is 1.75 bits per heavy atom. The van der Waals surface area contributed by atoms with Crippen LogP contribution in [0.1, 0.15) is 11.1 Å². The van der Waals surface area contributed by atoms with Crippen molar-refractivity contribution < 1.29 is 9.50 Å². The van der Waals surface area contributed by atoms with Gasteiger partial charge in [0, 0.05) is 0 Å². The third kappa shape index (κ3) is 2.60. The molecule has 0 unspecified atom stereocenters. The van der Waals surface area contributed by atoms with E-state index >= 15 is 0 Å². The molecule has 0 amide bonds. The Bertz CT molecular complexity index is 480. The van der Waals surface area contributed by atoms with Gasteiger partial charge in [-0.05, 0) is 42.2 Å². The topological polar surface area (TPSA) is 20.2 Å². The molecule has 0 saturated heterocycles. The van der Waals surface area contributed by atoms with Gasteiger partial charge < -0.3 is 5.11 Å². The molecule has 82 valence electrons. The maximum Gasteiger partial charge on any atom is 0.126 e. The molecule has 0 bridgehead atoms. The Morgan fingerprint density at radius 3 is 2.50 bits per heavy atom. The minimum Gasteiger partial charge on any atom is -0.508 e. The highest BCUT2D eigenvalue weighted by molar-refractivity contribution is 5.28. The summed E-state index contributed by atoms with van der Waals surface area (Å²) in [6, 6.07) is 13.9. The number of halogens is 1. The van der Waals surface area contributed by atoms with E-state index in [4.69, 9.17) is 0 Å². The Balaban J connectivity index is 2.05. The van der Waals surface area contributed by atoms with E-state index in [0.717, 1.165) is 12.0 Å². The molecule has 1 N–H and O–H groups in total. The van der Waals surface area contributed by atoms with Crippen LogP contribution in [0.2, 0.25) is 0 Å². The molecule has 2 aromatic carbocycles. The first-order chi connectivity index (χ1) is 7.75. The highest BCUT2D eigenvalue weighted by Gasteiger charge is 2.01. The molecule has 0 aliphatic heterocycles. The summed E-state index contributed by atoms with van der Waals surface area (Å²) in [7, 11) is 0. The normalized spacial score (nSPS) is 10.3. The van der Waals surface area contributed by atoms with Crippen LogP contribution in [-0.4, -0.2) is 5.11 Å². The van der Waals surface area contributed by atoms with Gasteiger partial charge in [-0.2, -0.15) is 0 Å². The first kappa shape index (κ1) is 10.7. The van der Waals surface area contributed by atoms with Gasteiger partial charge in [-0.25, -0.2) is 4.39 Å². The molecule has 0 heterocycles. The number of hydrogen-bond acceptors (Lipinski definition) is 1. The molecule has 0 radical (unpaired) electrons. The molecular formula is C14H13FO. The number of phenols is 1. The molecule has 0 aliphatic rings. The molecule has 0 saturated carbocycles. The molecular weight excluding hydrogens is 203 g/mol. The van der Waals surface area contributed by atoms with Crippen molar-refractivity contribution in [2.45, 2.75) is 12.8 Å². The fourth-order valence-electron chi connectivity index (χ4n) is 1.69. The number of phenolic OH excluding ortho intramolecular Hbond substituents is 1. The highest BCUT2D eigenvalue weighted by Crippen LogP contribution is 2.14. The van der Waals surface area contributed by atoms with E-state index in [1.54, 1.807) is 30.3 Å². The smallest absolute Gasteiger partial charge is 0.126 e. The van der Waals surface area contributed by atoms with E-state index in [-0.39, 0.29) is 11.6 Å². The predicted octanol–water partition coefficient (Wildman–Crippen LogP) is 3.32. The fourth-order valence-corrected chi connectivity index (χ4v) is 1.69. The van der Waals surface area contributed by atoms with E-state index in [1.807, 2.05) is 12.1 Å². The van der Waals surface area contributed by atoms with Crippen LogP contribution in [0, 0.1) is 5.82 Å². The number of aromatic hydroxyl groups is 1. The van der Waals surface area contributed by atoms with Gasteiger partial charge in [-0.3, -0.25) is 0 Å². The molecule has 2 aromatic rings. The second kappa shape index (κ2) is 4.79. The summed E-state index contributed by atoms with van der Waals surface area (Å²) in [5.74, 6) is 0.0914. The Hall–Kier alpha value is -1.83. The number of rotatable bonds is 3. The van der Waals surface area contributed by atoms with Crippen LogP contribution >= 0.6 is 0 Å². The largest absolute Gasteiger partial charge is 0.508 e. The van der Waals surface area contributed by atoms with Crippen LogP contribution in [0.3, 0.4) is 0 Å². The zero-order chi connectivity index (χ0) is 11.4. The SMILES string of the molecule is Oc1cccc(CCc2ccccc2F)c1. The molecule has 0 fully saturated rings. The van der Waals surface area contributed by atoms with Crippen molar-refractivity contribution >= 4 is 0 Å². The summed E-state index contributed by atoms with van der Waals surface area (Å²) in [6.45, 7) is 0. The fraction of sp³-hybridized carbons (Fsp3) is 0.143. The monoisotopic (exact) mass is 216 g/mol. The lowest BCUT2D eigenvalue weighted by molar-refractivity contribution is 0.474. The van der Waals surface area contributed by atoms with Crippen LogP contribution in [0.25, 0.3) is 0 Å². The zero-order valence-corrected chi connectivity index (χ0v) is 8.86. The van der Waals surface area contributed by atoms with Crippen molar-refractivity contribution in [2.75, 3.05) is 0 Å². The van der Waals surface area contributed by atoms with Gasteiger partial charge in [0.2, 0.25) is 0 Å². The maximum atomic E-state index is 13.3. The maximum absolute atomic E-state index is 13.3. The minimum atomic E-state index is -0.164. The third-order valence-corrected chi connectivity index (χ3v) is 2.55. The van der Waals surface area contributed by atoms with Crippen LogP contribution in [0.4, 0.5) is 4.39 Å². The average molecular weight is 216 g/mol. The lowest BCUT2D eigenvalue weighted by atomic mass is 10.0. The third-order valence-electron chi connectivity index (χ3n) is 2.55. The van der Waals surface area contributed by atoms with Crippen molar-refractivity contribution in [1.82, 2.24) is 0 Å². The number of aryl methyl sites for hydroxylation is 2. The summed E-state index contributed by atoms with van der Waals surface area (Å²) in [5.41, 5.74) is 1.73. The summed E-state index contributed by atoms with van der Waals surface area (Å²) >= 11 is 0. The predicted molar refractivity (Wildman–Crippen MR) is 61.9 cm³/mol. The summed E-state index contributed by atoms with van der Waals surface area (Å²) in [6.07, 6.45) is 1.38. The molecule has 2 rings (SSSR count). The van der Waals surface area contributed by atoms with Crippen molar-refractivity contribution in [3.63, 3.8) is 0 Å². The van der Waals surface area contributed by atoms with E-state index in [0.29, 0.717) is 12.0 Å². The summed E-state index contributed by atoms with van der Waals surface area (Å²) < 4.78 is 13.3. The number of benzene rings is 2. The Labute approximate surface area is 94.2 Å². The van der Waals surface area contributed by atoms with Crippen molar-refractivity contribution in [3.8, 4) is 5.75 Å². The lowest BCUT2D eigenvalue weighted by Gasteiger charge is -2.03. The standard InChI is InChI=1S/C14H13FO/c15-14-7-2-1-5-12(14)9-8-11-4-3-6-13(16)10-11/h1-7,10,16H,8-9H2. The summed E-state index contributed by atoms with van der Waals surface area (Å²) in [4.78, 5) is 0. The van der Waals surface area contributed by atoms with Crippen LogP contribution in [0.5, 0.6) is 5.75 Å². The molecule has 1 nitrogen and oxygen atoms in total. The van der Waals surface area contributed by atoms with E-state index in [9.17, 15) is 9.50 Å². The van der Waals surface area contributed by atoms with Gasteiger partial charge >= 0.3 is 0 Å². The van der Waals surface area contributed by atoms with E-state index < -0.39 is 0 Å². The van der Waals surface area contributed by atoms with Crippen LogP contribution in [-0.2, 0) is 12.8 Å². The van der Waals surface area contributed by atoms with Gasteiger partial charge in [-0.15, -0.1) is 0 Å². The van der Waals surface area contributed by atoms with Gasteiger partial charge in [0.05, 0.1) is 0 Å². The van der Waals surface area contributed by atoms with Gasteiger partial charge in [0.15, 0.2) is 0 Å². The molecule has 16 heavy (non-hydrogen) atoms. The van der Waals surface area contributed by atoms with Crippen molar-refractivity contribution in [3.05, 3.63) is 65.5 Å². The second-order valence-electron chi connectivity index (χ2n) is 3.76. The van der Waals surface area contributed by atoms with Crippen LogP contribution < -0.4 is 0 Å². The Morgan fingerprint density at radius 1 is 0.938 bits per heavy atom. The van der Waals surface area contributed by atoms with Gasteiger partial charge in [0.1, 0.15) is 11.6 Å². The van der Waals surface area contributed by atoms with Gasteiger partial charge in [-0.1, -0.05) is 30.3 Å². The van der Waals surface area contributed by atoms with Crippen molar-refractivity contribution in [1.29, 1.82) is 0 Å². The molecule has 2 heteroatoms. The first-order valence-corrected chi connectivity index (χ1v) is 5.27. The van der Waals surface area contributed by atoms with E-state index in [1.165, 1.54) is 6.07 Å². The average Bonchev–Trinajstić information content (AvgIpc) is 2.28. The Kier molecular flexibility index (Phi) is 3.20. The van der Waals surface area contributed by atoms with Crippen molar-refractivity contribution in [2.24, 2.45) is 0 Å². The second-order valence-corrected chi connectivity index (χ2v) is 3.76. The number of hydrogen-bond donors (Lipinski definition) is 1. The summed E-state index contributed by atoms with van der Waals surface area (Å²) in [5, 5.41) is 9.29. The van der Waals surface area contributed by atoms with E-state index in [2.05, 4.69) is 0 Å². The molecule has 0 aromatic heterocycles. The molecule has 0 spiro atoms. The quantitative estimate of drug-likeness (QED) is 0.834. The van der Waals surface area contributed by atoms with Gasteiger partial charge in [0.25, 0.3) is 0 Å². The molecule has 0 atom stereocenters. The lowest BCUT2D eigenvalue weighted by Crippen LogP contribution is -1.94. The van der Waals surface area contributed by atoms with Crippen LogP contribution in [0.15, 0.2) is 48.5 Å². The molecule has 0 aliphatic carbocycles.